The van der Waals surface area contributed by atoms with E-state index in [1.54, 1.807) is 11.1 Å². The van der Waals surface area contributed by atoms with E-state index < -0.39 is 5.97 Å². The van der Waals surface area contributed by atoms with Gasteiger partial charge in [0.2, 0.25) is 0 Å². The van der Waals surface area contributed by atoms with Gasteiger partial charge in [0.25, 0.3) is 0 Å². The van der Waals surface area contributed by atoms with Crippen LogP contribution in [0, 0.1) is 23.2 Å². The second-order valence-electron chi connectivity index (χ2n) is 17.2. The molecule has 4 heterocycles. The zero-order valence-electron chi connectivity index (χ0n) is 31.6. The summed E-state index contributed by atoms with van der Waals surface area (Å²) in [5.74, 6) is -1.10. The van der Waals surface area contributed by atoms with Crippen LogP contribution >= 0.6 is 11.3 Å². The Bertz CT molecular complexity index is 2280. The lowest BCUT2D eigenvalue weighted by Crippen LogP contribution is -2.64. The van der Waals surface area contributed by atoms with Gasteiger partial charge >= 0.3 is 12.0 Å². The molecule has 0 spiro atoms. The van der Waals surface area contributed by atoms with Crippen LogP contribution in [-0.2, 0) is 11.3 Å². The Morgan fingerprint density at radius 1 is 0.926 bits per heavy atom. The first-order valence-electron chi connectivity index (χ1n) is 19.0. The van der Waals surface area contributed by atoms with Crippen molar-refractivity contribution in [1.29, 1.82) is 0 Å². The summed E-state index contributed by atoms with van der Waals surface area (Å²) in [5.41, 5.74) is 6.44. The van der Waals surface area contributed by atoms with Crippen molar-refractivity contribution in [3.63, 3.8) is 0 Å². The number of benzene rings is 2. The summed E-state index contributed by atoms with van der Waals surface area (Å²) >= 11 is 1.44. The molecule has 11 nitrogen and oxygen atoms in total. The van der Waals surface area contributed by atoms with E-state index in [-0.39, 0.29) is 33.6 Å². The van der Waals surface area contributed by atoms with Gasteiger partial charge in [-0.15, -0.1) is 0 Å². The van der Waals surface area contributed by atoms with Gasteiger partial charge in [-0.05, 0) is 105 Å². The highest BCUT2D eigenvalue weighted by molar-refractivity contribution is 7.22. The predicted octanol–water partition coefficient (Wildman–Crippen LogP) is 8.87. The minimum atomic E-state index is -1.10. The van der Waals surface area contributed by atoms with Crippen molar-refractivity contribution in [2.75, 3.05) is 41.9 Å². The summed E-state index contributed by atoms with van der Waals surface area (Å²) in [7, 11) is 2.00. The van der Waals surface area contributed by atoms with Crippen molar-refractivity contribution in [1.82, 2.24) is 19.7 Å². The first-order chi connectivity index (χ1) is 25.8. The molecule has 2 aromatic carbocycles. The van der Waals surface area contributed by atoms with Crippen LogP contribution in [0.25, 0.3) is 32.6 Å². The maximum absolute atomic E-state index is 13.7. The molecule has 4 aliphatic carbocycles. The van der Waals surface area contributed by atoms with Gasteiger partial charge in [0.05, 0.1) is 39.1 Å². The highest BCUT2D eigenvalue weighted by atomic mass is 32.1. The molecule has 3 aromatic heterocycles. The van der Waals surface area contributed by atoms with Crippen molar-refractivity contribution in [3.05, 3.63) is 72.2 Å². The summed E-state index contributed by atoms with van der Waals surface area (Å²) < 4.78 is 9.69. The van der Waals surface area contributed by atoms with Gasteiger partial charge in [-0.25, -0.2) is 19.6 Å². The van der Waals surface area contributed by atoms with Crippen molar-refractivity contribution in [2.45, 2.75) is 78.4 Å². The molecule has 2 amide bonds. The molecule has 280 valence electrons. The monoisotopic (exact) mass is 745 g/mol. The molecule has 54 heavy (non-hydrogen) atoms. The number of carbonyl (C=O) groups is 2. The number of carbonyl (C=O) groups excluding carboxylic acids is 1. The average molecular weight is 746 g/mol. The summed E-state index contributed by atoms with van der Waals surface area (Å²) in [5, 5.41) is 18.9. The first kappa shape index (κ1) is 34.9. The molecule has 10 rings (SSSR count). The molecule has 0 radical (unpaired) electrons. The number of likely N-dealkylation sites (N-methyl/N-ethyl adjacent to an activating group) is 1. The van der Waals surface area contributed by atoms with Crippen LogP contribution in [0.3, 0.4) is 0 Å². The fraction of sp³-hybridized carbons (Fsp3) is 0.452. The molecule has 5 aromatic rings. The summed E-state index contributed by atoms with van der Waals surface area (Å²) in [6.45, 7) is 11.7. The molecule has 4 saturated carbocycles. The van der Waals surface area contributed by atoms with Gasteiger partial charge in [-0.1, -0.05) is 43.4 Å². The largest absolute Gasteiger partial charge is 0.476 e. The van der Waals surface area contributed by atoms with Crippen molar-refractivity contribution < 1.29 is 19.4 Å². The summed E-state index contributed by atoms with van der Waals surface area (Å²) in [6, 6.07) is 17.1. The Kier molecular flexibility index (Phi) is 7.99. The van der Waals surface area contributed by atoms with E-state index >= 15 is 0 Å². The lowest BCUT2D eigenvalue weighted by atomic mass is 9.39. The molecule has 1 aliphatic heterocycles. The number of fused-ring (bicyclic) bond motifs is 2. The number of amides is 2. The fourth-order valence-electron chi connectivity index (χ4n) is 11.7. The van der Waals surface area contributed by atoms with Gasteiger partial charge in [0, 0.05) is 55.7 Å². The molecule has 0 saturated heterocycles. The molecule has 3 unspecified atom stereocenters. The molecule has 4 fully saturated rings. The number of anilines is 3. The Morgan fingerprint density at radius 2 is 1.70 bits per heavy atom. The lowest BCUT2D eigenvalue weighted by Gasteiger charge is -2.69. The quantitative estimate of drug-likeness (QED) is 0.161. The van der Waals surface area contributed by atoms with Crippen molar-refractivity contribution in [2.24, 2.45) is 16.2 Å². The number of para-hydroxylation sites is 1. The van der Waals surface area contributed by atoms with E-state index in [0.717, 1.165) is 83.7 Å². The van der Waals surface area contributed by atoms with Crippen molar-refractivity contribution >= 4 is 50.1 Å². The van der Waals surface area contributed by atoms with E-state index in [9.17, 15) is 14.7 Å². The fourth-order valence-corrected chi connectivity index (χ4v) is 12.5. The third kappa shape index (κ3) is 5.85. The molecular formula is C42H47N7O4S. The van der Waals surface area contributed by atoms with Gasteiger partial charge in [0.1, 0.15) is 0 Å². The molecular weight excluding hydrogens is 699 g/mol. The Balaban J connectivity index is 1.01. The number of pyridine rings is 1. The predicted molar refractivity (Wildman–Crippen MR) is 213 cm³/mol. The minimum absolute atomic E-state index is 0.0273. The highest BCUT2D eigenvalue weighted by Gasteiger charge is 2.66. The number of hydrogen-bond donors (Lipinski definition) is 2. The van der Waals surface area contributed by atoms with E-state index in [2.05, 4.69) is 40.7 Å². The van der Waals surface area contributed by atoms with Crippen LogP contribution in [0.5, 0.6) is 0 Å². The van der Waals surface area contributed by atoms with Gasteiger partial charge in [-0.2, -0.15) is 5.10 Å². The van der Waals surface area contributed by atoms with Crippen LogP contribution in [0.1, 0.15) is 75.5 Å². The number of nitrogens with zero attached hydrogens (tertiary/aromatic N) is 6. The van der Waals surface area contributed by atoms with Gasteiger partial charge < -0.3 is 14.7 Å². The van der Waals surface area contributed by atoms with Gasteiger partial charge in [-0.3, -0.25) is 14.9 Å². The number of thiazole rings is 1. The maximum atomic E-state index is 13.7. The standard InChI is InChI=1S/C42H47N7O4S/c1-6-53-42-22-39(3)19-40(4,23-42)21-41(20-39,24-42)25-49-26(2)29(18-43-49)28-12-13-30(44-35(28)36(50)51)27-11-14-32-33(17-27)48(16-15-47(32)5)38(52)46-37-45-31-9-7-8-10-34(31)54-37/h7-14,17-18H,6,15-16,19-25H2,1-5H3,(H,50,51)(H,45,46,52)/t39-,40?,41?,42?/m1/s1. The number of carboxylic acid groups (broad SMARTS) is 1. The minimum Gasteiger partial charge on any atom is -0.476 e. The maximum Gasteiger partial charge on any atom is 0.355 e. The molecule has 4 bridgehead atoms. The number of rotatable bonds is 8. The number of nitrogens with one attached hydrogen (secondary N) is 1. The highest BCUT2D eigenvalue weighted by Crippen LogP contribution is 2.72. The van der Waals surface area contributed by atoms with Crippen LogP contribution < -0.4 is 15.1 Å². The molecule has 12 heteroatoms. The second kappa shape index (κ2) is 12.4. The molecule has 4 atom stereocenters. The summed E-state index contributed by atoms with van der Waals surface area (Å²) in [6.07, 6.45) is 8.67. The van der Waals surface area contributed by atoms with E-state index in [4.69, 9.17) is 14.8 Å². The first-order valence-corrected chi connectivity index (χ1v) is 19.8. The van der Waals surface area contributed by atoms with E-state index in [1.807, 2.05) is 68.6 Å². The van der Waals surface area contributed by atoms with Gasteiger partial charge in [0.15, 0.2) is 10.8 Å². The summed E-state index contributed by atoms with van der Waals surface area (Å²) in [4.78, 5) is 39.7. The van der Waals surface area contributed by atoms with Crippen LogP contribution in [-0.4, -0.2) is 69.2 Å². The van der Waals surface area contributed by atoms with Crippen LogP contribution in [0.2, 0.25) is 0 Å². The number of urea groups is 1. The smallest absolute Gasteiger partial charge is 0.355 e. The Labute approximate surface area is 319 Å². The molecule has 5 aliphatic rings. The van der Waals surface area contributed by atoms with E-state index in [1.165, 1.54) is 17.8 Å². The number of carboxylic acids is 1. The zero-order chi connectivity index (χ0) is 37.6. The van der Waals surface area contributed by atoms with Crippen LogP contribution in [0.4, 0.5) is 21.3 Å². The second-order valence-corrected chi connectivity index (χ2v) is 18.2. The molecule has 2 N–H and O–H groups in total. The average Bonchev–Trinajstić information content (AvgIpc) is 3.68. The Hall–Kier alpha value is -4.81. The van der Waals surface area contributed by atoms with Crippen molar-refractivity contribution in [3.8, 4) is 22.4 Å². The number of aromatic nitrogens is 4. The number of hydrogen-bond acceptors (Lipinski definition) is 8. The third-order valence-electron chi connectivity index (χ3n) is 12.5. The normalized spacial score (nSPS) is 27.1. The van der Waals surface area contributed by atoms with Crippen LogP contribution in [0.15, 0.2) is 60.8 Å². The SMILES string of the molecule is CCOC12CC3(C)CC(Cn4ncc(-c5ccc(-c6ccc7c(c6)N(C(=O)Nc6nc8ccccc8s6)CCN7C)nc5C(=O)O)c4C)(C1)C[C@@](C)(C3)C2. The zero-order valence-corrected chi connectivity index (χ0v) is 32.4. The number of ether oxygens (including phenoxy) is 1. The third-order valence-corrected chi connectivity index (χ3v) is 13.4. The number of aromatic carboxylic acids is 1. The Morgan fingerprint density at radius 3 is 2.44 bits per heavy atom. The lowest BCUT2D eigenvalue weighted by molar-refractivity contribution is -0.246. The van der Waals surface area contributed by atoms with E-state index in [0.29, 0.717) is 29.5 Å². The topological polar surface area (TPSA) is 126 Å².